The Hall–Kier alpha value is -0.770. The summed E-state index contributed by atoms with van der Waals surface area (Å²) < 4.78 is 23.8. The van der Waals surface area contributed by atoms with Gasteiger partial charge in [-0.1, -0.05) is 0 Å². The summed E-state index contributed by atoms with van der Waals surface area (Å²) >= 11 is 0. The Balaban J connectivity index is 3.24. The van der Waals surface area contributed by atoms with Crippen LogP contribution in [0.1, 0.15) is 6.92 Å². The zero-order valence-corrected chi connectivity index (χ0v) is 7.43. The highest BCUT2D eigenvalue weighted by atomic mass is 32.2. The third kappa shape index (κ3) is 1.63. The smallest absolute Gasteiger partial charge is 0.190 e. The molecule has 11 heavy (non-hydrogen) atoms. The van der Waals surface area contributed by atoms with E-state index in [1.54, 1.807) is 22.9 Å². The van der Waals surface area contributed by atoms with Gasteiger partial charge in [-0.25, -0.2) is 8.42 Å². The monoisotopic (exact) mass is 173 g/mol. The number of aromatic nitrogens is 1. The molecule has 0 aliphatic heterocycles. The van der Waals surface area contributed by atoms with E-state index in [-0.39, 0.29) is 0 Å². The van der Waals surface area contributed by atoms with Gasteiger partial charge in [-0.05, 0) is 19.1 Å². The lowest BCUT2D eigenvalue weighted by molar-refractivity contribution is 0.584. The number of hydrogen-bond donors (Lipinski definition) is 0. The SMILES string of the molecule is CCn1cccc1S(C)(=O)=O. The minimum atomic E-state index is -3.04. The first-order chi connectivity index (χ1) is 5.05. The summed E-state index contributed by atoms with van der Waals surface area (Å²) in [5, 5.41) is 0.389. The van der Waals surface area contributed by atoms with Gasteiger partial charge in [0.2, 0.25) is 0 Å². The van der Waals surface area contributed by atoms with Crippen LogP contribution in [0.25, 0.3) is 0 Å². The second-order valence-corrected chi connectivity index (χ2v) is 4.37. The minimum absolute atomic E-state index is 0.389. The lowest BCUT2D eigenvalue weighted by Crippen LogP contribution is -2.05. The third-order valence-electron chi connectivity index (χ3n) is 1.51. The van der Waals surface area contributed by atoms with E-state index in [1.165, 1.54) is 6.26 Å². The van der Waals surface area contributed by atoms with Crippen LogP contribution in [-0.2, 0) is 16.4 Å². The van der Waals surface area contributed by atoms with Crippen LogP contribution in [0.4, 0.5) is 0 Å². The predicted molar refractivity (Wildman–Crippen MR) is 43.2 cm³/mol. The van der Waals surface area contributed by atoms with Crippen molar-refractivity contribution in [3.05, 3.63) is 18.3 Å². The van der Waals surface area contributed by atoms with Crippen LogP contribution in [0.3, 0.4) is 0 Å². The molecule has 0 saturated carbocycles. The number of aryl methyl sites for hydroxylation is 1. The van der Waals surface area contributed by atoms with Gasteiger partial charge in [0.05, 0.1) is 0 Å². The molecule has 1 heterocycles. The fourth-order valence-corrected chi connectivity index (χ4v) is 1.94. The van der Waals surface area contributed by atoms with E-state index in [1.807, 2.05) is 6.92 Å². The molecule has 1 rings (SSSR count). The van der Waals surface area contributed by atoms with Gasteiger partial charge in [-0.15, -0.1) is 0 Å². The average Bonchev–Trinajstić information content (AvgIpc) is 2.31. The van der Waals surface area contributed by atoms with Gasteiger partial charge in [0.15, 0.2) is 9.84 Å². The van der Waals surface area contributed by atoms with Crippen LogP contribution in [0.5, 0.6) is 0 Å². The van der Waals surface area contributed by atoms with Gasteiger partial charge in [0, 0.05) is 19.0 Å². The number of rotatable bonds is 2. The van der Waals surface area contributed by atoms with Gasteiger partial charge in [0.1, 0.15) is 5.03 Å². The second kappa shape index (κ2) is 2.70. The molecular weight excluding hydrogens is 162 g/mol. The Bertz CT molecular complexity index is 337. The molecule has 1 aromatic heterocycles. The van der Waals surface area contributed by atoms with Crippen molar-refractivity contribution in [1.29, 1.82) is 0 Å². The Morgan fingerprint density at radius 3 is 2.55 bits per heavy atom. The summed E-state index contributed by atoms with van der Waals surface area (Å²) in [5.41, 5.74) is 0. The fraction of sp³-hybridized carbons (Fsp3) is 0.429. The largest absolute Gasteiger partial charge is 0.339 e. The Labute approximate surface area is 66.6 Å². The second-order valence-electron chi connectivity index (χ2n) is 2.40. The molecule has 0 fully saturated rings. The third-order valence-corrected chi connectivity index (χ3v) is 2.64. The van der Waals surface area contributed by atoms with Crippen molar-refractivity contribution in [2.45, 2.75) is 18.5 Å². The van der Waals surface area contributed by atoms with Crippen molar-refractivity contribution < 1.29 is 8.42 Å². The van der Waals surface area contributed by atoms with Gasteiger partial charge in [-0.3, -0.25) is 0 Å². The molecule has 1 aromatic rings. The number of nitrogens with zero attached hydrogens (tertiary/aromatic N) is 1. The highest BCUT2D eigenvalue weighted by Crippen LogP contribution is 2.08. The van der Waals surface area contributed by atoms with Crippen molar-refractivity contribution in [2.24, 2.45) is 0 Å². The lowest BCUT2D eigenvalue weighted by atomic mass is 10.7. The molecule has 0 atom stereocenters. The summed E-state index contributed by atoms with van der Waals surface area (Å²) in [6, 6.07) is 3.35. The topological polar surface area (TPSA) is 39.1 Å². The summed E-state index contributed by atoms with van der Waals surface area (Å²) in [7, 11) is -3.04. The van der Waals surface area contributed by atoms with E-state index in [0.717, 1.165) is 0 Å². The normalized spacial score (nSPS) is 11.8. The molecule has 0 unspecified atom stereocenters. The van der Waals surface area contributed by atoms with E-state index in [9.17, 15) is 8.42 Å². The molecule has 0 bridgehead atoms. The highest BCUT2D eigenvalue weighted by molar-refractivity contribution is 7.90. The van der Waals surface area contributed by atoms with Crippen LogP contribution in [0.2, 0.25) is 0 Å². The van der Waals surface area contributed by atoms with Crippen LogP contribution in [-0.4, -0.2) is 19.2 Å². The van der Waals surface area contributed by atoms with Crippen LogP contribution in [0, 0.1) is 0 Å². The maximum atomic E-state index is 11.1. The fourth-order valence-electron chi connectivity index (χ4n) is 0.996. The molecule has 0 aliphatic carbocycles. The quantitative estimate of drug-likeness (QED) is 0.667. The first-order valence-electron chi connectivity index (χ1n) is 3.41. The van der Waals surface area contributed by atoms with Crippen molar-refractivity contribution >= 4 is 9.84 Å². The molecule has 0 radical (unpaired) electrons. The summed E-state index contributed by atoms with van der Waals surface area (Å²) in [6.45, 7) is 2.60. The molecule has 3 nitrogen and oxygen atoms in total. The van der Waals surface area contributed by atoms with Gasteiger partial charge >= 0.3 is 0 Å². The summed E-state index contributed by atoms with van der Waals surface area (Å²) in [5.74, 6) is 0. The van der Waals surface area contributed by atoms with E-state index in [2.05, 4.69) is 0 Å². The van der Waals surface area contributed by atoms with E-state index in [0.29, 0.717) is 11.6 Å². The lowest BCUT2D eigenvalue weighted by Gasteiger charge is -2.02. The van der Waals surface area contributed by atoms with E-state index < -0.39 is 9.84 Å². The summed E-state index contributed by atoms with van der Waals surface area (Å²) in [6.07, 6.45) is 2.98. The molecule has 4 heteroatoms. The maximum absolute atomic E-state index is 11.1. The number of hydrogen-bond acceptors (Lipinski definition) is 2. The van der Waals surface area contributed by atoms with Crippen molar-refractivity contribution in [1.82, 2.24) is 4.57 Å². The standard InChI is InChI=1S/C7H11NO2S/c1-3-8-6-4-5-7(8)11(2,9)10/h4-6H,3H2,1-2H3. The summed E-state index contributed by atoms with van der Waals surface area (Å²) in [4.78, 5) is 0. The van der Waals surface area contributed by atoms with Crippen LogP contribution >= 0.6 is 0 Å². The highest BCUT2D eigenvalue weighted by Gasteiger charge is 2.10. The maximum Gasteiger partial charge on any atom is 0.190 e. The zero-order chi connectivity index (χ0) is 8.48. The van der Waals surface area contributed by atoms with Gasteiger partial charge in [0.25, 0.3) is 0 Å². The van der Waals surface area contributed by atoms with Crippen LogP contribution < -0.4 is 0 Å². The van der Waals surface area contributed by atoms with Crippen molar-refractivity contribution in [3.63, 3.8) is 0 Å². The molecule has 0 aromatic carbocycles. The average molecular weight is 173 g/mol. The molecule has 0 aliphatic rings. The molecule has 0 saturated heterocycles. The first kappa shape index (κ1) is 8.33. The zero-order valence-electron chi connectivity index (χ0n) is 6.61. The predicted octanol–water partition coefficient (Wildman–Crippen LogP) is 0.911. The van der Waals surface area contributed by atoms with E-state index >= 15 is 0 Å². The van der Waals surface area contributed by atoms with Gasteiger partial charge < -0.3 is 4.57 Å². The van der Waals surface area contributed by atoms with Crippen molar-refractivity contribution in [2.75, 3.05) is 6.26 Å². The number of sulfone groups is 1. The molecular formula is C7H11NO2S. The molecule has 0 spiro atoms. The van der Waals surface area contributed by atoms with Crippen LogP contribution in [0.15, 0.2) is 23.4 Å². The molecule has 62 valence electrons. The Kier molecular flexibility index (Phi) is 2.04. The Morgan fingerprint density at radius 1 is 1.55 bits per heavy atom. The van der Waals surface area contributed by atoms with Gasteiger partial charge in [-0.2, -0.15) is 0 Å². The molecule has 0 amide bonds. The molecule has 0 N–H and O–H groups in total. The Morgan fingerprint density at radius 2 is 2.18 bits per heavy atom. The first-order valence-corrected chi connectivity index (χ1v) is 5.30. The van der Waals surface area contributed by atoms with Crippen molar-refractivity contribution in [3.8, 4) is 0 Å². The van der Waals surface area contributed by atoms with E-state index in [4.69, 9.17) is 0 Å². The minimum Gasteiger partial charge on any atom is -0.339 e.